The van der Waals surface area contributed by atoms with Crippen LogP contribution in [0.25, 0.3) is 0 Å². The molecule has 0 aliphatic heterocycles. The van der Waals surface area contributed by atoms with Crippen molar-refractivity contribution in [3.05, 3.63) is 29.8 Å². The summed E-state index contributed by atoms with van der Waals surface area (Å²) in [4.78, 5) is 0. The molecule has 0 saturated carbocycles. The van der Waals surface area contributed by atoms with Gasteiger partial charge < -0.3 is 10.4 Å². The van der Waals surface area contributed by atoms with Gasteiger partial charge in [0.2, 0.25) is 0 Å². The summed E-state index contributed by atoms with van der Waals surface area (Å²) in [5.74, 6) is 0. The summed E-state index contributed by atoms with van der Waals surface area (Å²) in [5, 5.41) is 12.3. The lowest BCUT2D eigenvalue weighted by atomic mass is 10.2. The Bertz CT molecular complexity index is 245. The minimum Gasteiger partial charge on any atom is -0.392 e. The number of aliphatic hydroxyl groups is 1. The van der Waals surface area contributed by atoms with E-state index < -0.39 is 0 Å². The first kappa shape index (κ1) is 9.07. The highest BCUT2D eigenvalue weighted by Crippen LogP contribution is 2.15. The zero-order valence-corrected chi connectivity index (χ0v) is 7.54. The van der Waals surface area contributed by atoms with Crippen molar-refractivity contribution in [2.75, 3.05) is 5.32 Å². The van der Waals surface area contributed by atoms with Crippen LogP contribution in [-0.2, 0) is 6.61 Å². The minimum atomic E-state index is 0.0931. The average molecular weight is 165 g/mol. The van der Waals surface area contributed by atoms with Gasteiger partial charge >= 0.3 is 0 Å². The van der Waals surface area contributed by atoms with Crippen LogP contribution in [0.2, 0.25) is 0 Å². The monoisotopic (exact) mass is 165 g/mol. The summed E-state index contributed by atoms with van der Waals surface area (Å²) in [6.07, 6.45) is 0. The quantitative estimate of drug-likeness (QED) is 0.718. The molecule has 0 spiro atoms. The Morgan fingerprint density at radius 3 is 2.58 bits per heavy atom. The molecular weight excluding hydrogens is 150 g/mol. The summed E-state index contributed by atoms with van der Waals surface area (Å²) >= 11 is 0. The van der Waals surface area contributed by atoms with E-state index in [1.165, 1.54) is 0 Å². The Labute approximate surface area is 73.2 Å². The van der Waals surface area contributed by atoms with Gasteiger partial charge in [-0.15, -0.1) is 0 Å². The Balaban J connectivity index is 2.82. The van der Waals surface area contributed by atoms with Crippen molar-refractivity contribution in [3.63, 3.8) is 0 Å². The van der Waals surface area contributed by atoms with Crippen LogP contribution in [0.15, 0.2) is 24.3 Å². The number of nitrogens with one attached hydrogen (secondary N) is 1. The van der Waals surface area contributed by atoms with Crippen LogP contribution >= 0.6 is 0 Å². The van der Waals surface area contributed by atoms with Crippen molar-refractivity contribution in [1.29, 1.82) is 0 Å². The van der Waals surface area contributed by atoms with Crippen LogP contribution in [0.1, 0.15) is 19.4 Å². The number of hydrogen-bond acceptors (Lipinski definition) is 2. The summed E-state index contributed by atoms with van der Waals surface area (Å²) in [5.41, 5.74) is 1.97. The number of benzene rings is 1. The van der Waals surface area contributed by atoms with Crippen LogP contribution in [-0.4, -0.2) is 11.1 Å². The van der Waals surface area contributed by atoms with E-state index in [1.54, 1.807) is 0 Å². The van der Waals surface area contributed by atoms with Gasteiger partial charge in [0.05, 0.1) is 6.61 Å². The molecule has 0 amide bonds. The van der Waals surface area contributed by atoms with Gasteiger partial charge in [-0.3, -0.25) is 0 Å². The van der Waals surface area contributed by atoms with Gasteiger partial charge in [-0.2, -0.15) is 0 Å². The Kier molecular flexibility index (Phi) is 3.11. The molecule has 0 fully saturated rings. The topological polar surface area (TPSA) is 32.3 Å². The number of rotatable bonds is 3. The summed E-state index contributed by atoms with van der Waals surface area (Å²) in [7, 11) is 0. The molecule has 0 aromatic heterocycles. The van der Waals surface area contributed by atoms with Gasteiger partial charge in [0.1, 0.15) is 0 Å². The average Bonchev–Trinajstić information content (AvgIpc) is 2.04. The van der Waals surface area contributed by atoms with Gasteiger partial charge in [-0.25, -0.2) is 0 Å². The Morgan fingerprint density at radius 2 is 2.00 bits per heavy atom. The molecule has 1 rings (SSSR count). The van der Waals surface area contributed by atoms with Crippen LogP contribution in [0.4, 0.5) is 5.69 Å². The van der Waals surface area contributed by atoms with Crippen molar-refractivity contribution in [2.45, 2.75) is 26.5 Å². The van der Waals surface area contributed by atoms with Crippen LogP contribution in [0.3, 0.4) is 0 Å². The van der Waals surface area contributed by atoms with E-state index in [9.17, 15) is 0 Å². The van der Waals surface area contributed by atoms with Crippen LogP contribution in [0.5, 0.6) is 0 Å². The number of para-hydroxylation sites is 1. The molecule has 0 bridgehead atoms. The van der Waals surface area contributed by atoms with E-state index in [4.69, 9.17) is 5.11 Å². The molecule has 0 aliphatic carbocycles. The Hall–Kier alpha value is -1.02. The number of hydrogen-bond donors (Lipinski definition) is 2. The lowest BCUT2D eigenvalue weighted by molar-refractivity contribution is 0.282. The fourth-order valence-electron chi connectivity index (χ4n) is 1.11. The first-order valence-electron chi connectivity index (χ1n) is 4.19. The predicted octanol–water partition coefficient (Wildman–Crippen LogP) is 2.00. The third kappa shape index (κ3) is 2.24. The van der Waals surface area contributed by atoms with Gasteiger partial charge in [-0.05, 0) is 19.9 Å². The van der Waals surface area contributed by atoms with Gasteiger partial charge in [0.15, 0.2) is 0 Å². The fourth-order valence-corrected chi connectivity index (χ4v) is 1.11. The SMILES string of the molecule is CC(C)Nc1ccccc1CO. The second kappa shape index (κ2) is 4.12. The third-order valence-electron chi connectivity index (χ3n) is 1.63. The second-order valence-corrected chi connectivity index (χ2v) is 3.11. The van der Waals surface area contributed by atoms with Crippen molar-refractivity contribution in [1.82, 2.24) is 0 Å². The van der Waals surface area contributed by atoms with Gasteiger partial charge in [-0.1, -0.05) is 18.2 Å². The highest BCUT2D eigenvalue weighted by atomic mass is 16.3. The molecule has 1 aromatic carbocycles. The second-order valence-electron chi connectivity index (χ2n) is 3.11. The lowest BCUT2D eigenvalue weighted by Gasteiger charge is -2.12. The summed E-state index contributed by atoms with van der Waals surface area (Å²) in [6.45, 7) is 4.25. The van der Waals surface area contributed by atoms with E-state index in [1.807, 2.05) is 24.3 Å². The summed E-state index contributed by atoms with van der Waals surface area (Å²) < 4.78 is 0. The van der Waals surface area contributed by atoms with E-state index in [-0.39, 0.29) is 6.61 Å². The molecule has 0 unspecified atom stereocenters. The summed E-state index contributed by atoms with van der Waals surface area (Å²) in [6, 6.07) is 8.19. The first-order chi connectivity index (χ1) is 5.74. The number of aliphatic hydroxyl groups excluding tert-OH is 1. The molecule has 2 N–H and O–H groups in total. The maximum absolute atomic E-state index is 8.99. The van der Waals surface area contributed by atoms with Crippen molar-refractivity contribution < 1.29 is 5.11 Å². The molecule has 12 heavy (non-hydrogen) atoms. The largest absolute Gasteiger partial charge is 0.392 e. The zero-order valence-electron chi connectivity index (χ0n) is 7.54. The molecule has 0 saturated heterocycles. The smallest absolute Gasteiger partial charge is 0.0701 e. The molecule has 0 atom stereocenters. The molecule has 0 radical (unpaired) electrons. The maximum Gasteiger partial charge on any atom is 0.0701 e. The molecule has 0 aliphatic rings. The van der Waals surface area contributed by atoms with Crippen molar-refractivity contribution in [2.24, 2.45) is 0 Å². The van der Waals surface area contributed by atoms with E-state index in [0.717, 1.165) is 11.3 Å². The zero-order chi connectivity index (χ0) is 8.97. The number of anilines is 1. The van der Waals surface area contributed by atoms with Crippen LogP contribution in [0, 0.1) is 0 Å². The highest BCUT2D eigenvalue weighted by Gasteiger charge is 2.00. The first-order valence-corrected chi connectivity index (χ1v) is 4.19. The third-order valence-corrected chi connectivity index (χ3v) is 1.63. The minimum absolute atomic E-state index is 0.0931. The fraction of sp³-hybridized carbons (Fsp3) is 0.400. The Morgan fingerprint density at radius 1 is 1.33 bits per heavy atom. The van der Waals surface area contributed by atoms with Gasteiger partial charge in [0, 0.05) is 17.3 Å². The van der Waals surface area contributed by atoms with E-state index >= 15 is 0 Å². The molecule has 2 heteroatoms. The standard InChI is InChI=1S/C10H15NO/c1-8(2)11-10-6-4-3-5-9(10)7-12/h3-6,8,11-12H,7H2,1-2H3. The van der Waals surface area contributed by atoms with Crippen molar-refractivity contribution >= 4 is 5.69 Å². The molecular formula is C10H15NO. The van der Waals surface area contributed by atoms with Crippen molar-refractivity contribution in [3.8, 4) is 0 Å². The highest BCUT2D eigenvalue weighted by molar-refractivity contribution is 5.51. The molecule has 2 nitrogen and oxygen atoms in total. The van der Waals surface area contributed by atoms with E-state index in [0.29, 0.717) is 6.04 Å². The maximum atomic E-state index is 8.99. The van der Waals surface area contributed by atoms with E-state index in [2.05, 4.69) is 19.2 Å². The van der Waals surface area contributed by atoms with Gasteiger partial charge in [0.25, 0.3) is 0 Å². The molecule has 0 heterocycles. The normalized spacial score (nSPS) is 10.3. The molecule has 66 valence electrons. The predicted molar refractivity (Wildman–Crippen MR) is 51.1 cm³/mol. The van der Waals surface area contributed by atoms with Crippen LogP contribution < -0.4 is 5.32 Å². The molecule has 1 aromatic rings. The lowest BCUT2D eigenvalue weighted by Crippen LogP contribution is -2.11.